The zero-order valence-electron chi connectivity index (χ0n) is 18.5. The summed E-state index contributed by atoms with van der Waals surface area (Å²) in [5, 5.41) is 0.288. The number of methoxy groups -OCH3 is 1. The summed E-state index contributed by atoms with van der Waals surface area (Å²) >= 11 is 6.03. The Bertz CT molecular complexity index is 1090. The first kappa shape index (κ1) is 25.0. The van der Waals surface area contributed by atoms with Crippen LogP contribution in [0, 0.1) is 5.92 Å². The molecule has 0 aromatic heterocycles. The van der Waals surface area contributed by atoms with E-state index in [1.54, 1.807) is 24.3 Å². The number of halogens is 1. The Morgan fingerprint density at radius 2 is 1.76 bits per heavy atom. The van der Waals surface area contributed by atoms with Gasteiger partial charge in [0.2, 0.25) is 10.0 Å². The number of piperidine rings is 1. The third-order valence-electron chi connectivity index (χ3n) is 5.38. The number of Topliss-reactive ketones (excluding diaryl/α,β-unsaturated/α-hetero) is 1. The number of carbonyl (C=O) groups is 2. The lowest BCUT2D eigenvalue weighted by molar-refractivity contribution is -0.148. The van der Waals surface area contributed by atoms with Crippen LogP contribution in [0.5, 0.6) is 11.5 Å². The fourth-order valence-electron chi connectivity index (χ4n) is 3.53. The van der Waals surface area contributed by atoms with E-state index in [4.69, 9.17) is 25.8 Å². The molecule has 0 aliphatic carbocycles. The van der Waals surface area contributed by atoms with E-state index < -0.39 is 28.5 Å². The molecule has 0 saturated carbocycles. The normalized spacial score (nSPS) is 15.1. The van der Waals surface area contributed by atoms with Crippen molar-refractivity contribution < 1.29 is 32.2 Å². The molecule has 2 aromatic rings. The molecule has 1 fully saturated rings. The van der Waals surface area contributed by atoms with E-state index in [2.05, 4.69) is 0 Å². The molecule has 0 spiro atoms. The number of carbonyl (C=O) groups excluding carboxylic acids is 2. The molecule has 0 amide bonds. The van der Waals surface area contributed by atoms with Crippen LogP contribution in [0.25, 0.3) is 0 Å². The van der Waals surface area contributed by atoms with Crippen LogP contribution in [0.1, 0.15) is 30.1 Å². The highest BCUT2D eigenvalue weighted by Gasteiger charge is 2.33. The summed E-state index contributed by atoms with van der Waals surface area (Å²) in [5.41, 5.74) is 0.310. The smallest absolute Gasteiger partial charge is 0.309 e. The predicted molar refractivity (Wildman–Crippen MR) is 122 cm³/mol. The van der Waals surface area contributed by atoms with Crippen LogP contribution in [-0.4, -0.2) is 57.9 Å². The van der Waals surface area contributed by atoms with E-state index >= 15 is 0 Å². The number of ether oxygens (including phenoxy) is 3. The van der Waals surface area contributed by atoms with Crippen LogP contribution >= 0.6 is 11.6 Å². The molecule has 0 radical (unpaired) electrons. The van der Waals surface area contributed by atoms with E-state index in [0.717, 1.165) is 0 Å². The first-order chi connectivity index (χ1) is 15.8. The molecule has 1 saturated heterocycles. The van der Waals surface area contributed by atoms with Crippen molar-refractivity contribution >= 4 is 33.4 Å². The first-order valence-electron chi connectivity index (χ1n) is 10.5. The monoisotopic (exact) mass is 495 g/mol. The molecule has 2 aromatic carbocycles. The number of nitrogens with zero attached hydrogens (tertiary/aromatic N) is 1. The minimum atomic E-state index is -3.67. The molecule has 0 bridgehead atoms. The van der Waals surface area contributed by atoms with E-state index in [1.165, 1.54) is 29.6 Å². The van der Waals surface area contributed by atoms with Crippen LogP contribution in [0.2, 0.25) is 5.02 Å². The number of hydrogen-bond donors (Lipinski definition) is 0. The Labute approximate surface area is 198 Å². The van der Waals surface area contributed by atoms with E-state index in [1.807, 2.05) is 6.92 Å². The fraction of sp³-hybridized carbons (Fsp3) is 0.391. The van der Waals surface area contributed by atoms with Crippen molar-refractivity contribution in [1.29, 1.82) is 0 Å². The van der Waals surface area contributed by atoms with Crippen molar-refractivity contribution in [3.63, 3.8) is 0 Å². The van der Waals surface area contributed by atoms with Gasteiger partial charge in [0.05, 0.1) is 29.6 Å². The highest BCUT2D eigenvalue weighted by atomic mass is 35.5. The van der Waals surface area contributed by atoms with Crippen molar-refractivity contribution in [2.45, 2.75) is 24.7 Å². The lowest BCUT2D eigenvalue weighted by atomic mass is 9.98. The van der Waals surface area contributed by atoms with E-state index in [0.29, 0.717) is 36.5 Å². The Morgan fingerprint density at radius 1 is 1.09 bits per heavy atom. The molecule has 33 heavy (non-hydrogen) atoms. The van der Waals surface area contributed by atoms with Gasteiger partial charge < -0.3 is 14.2 Å². The summed E-state index contributed by atoms with van der Waals surface area (Å²) in [4.78, 5) is 24.9. The van der Waals surface area contributed by atoms with Gasteiger partial charge in [-0.1, -0.05) is 11.6 Å². The summed E-state index contributed by atoms with van der Waals surface area (Å²) in [6.07, 6.45) is 0.634. The third kappa shape index (κ3) is 6.04. The Balaban J connectivity index is 1.52. The molecule has 0 atom stereocenters. The number of benzene rings is 2. The maximum absolute atomic E-state index is 12.9. The summed E-state index contributed by atoms with van der Waals surface area (Å²) in [5.74, 6) is -0.324. The predicted octanol–water partition coefficient (Wildman–Crippen LogP) is 3.57. The summed E-state index contributed by atoms with van der Waals surface area (Å²) in [6, 6.07) is 10.8. The quantitative estimate of drug-likeness (QED) is 0.387. The van der Waals surface area contributed by atoms with Gasteiger partial charge in [-0.15, -0.1) is 0 Å². The molecule has 1 aliphatic rings. The topological polar surface area (TPSA) is 99.2 Å². The van der Waals surface area contributed by atoms with Crippen molar-refractivity contribution in [3.8, 4) is 11.5 Å². The van der Waals surface area contributed by atoms with Crippen LogP contribution < -0.4 is 9.47 Å². The molecule has 0 N–H and O–H groups in total. The maximum Gasteiger partial charge on any atom is 0.309 e. The van der Waals surface area contributed by atoms with E-state index in [-0.39, 0.29) is 28.8 Å². The average molecular weight is 496 g/mol. The standard InChI is InChI=1S/C23H26ClNO7S/c1-3-31-18-5-7-19(8-6-18)33(28,29)25-12-10-16(11-13-25)23(27)32-15-21(26)17-4-9-22(30-2)20(24)14-17/h4-9,14,16H,3,10-13,15H2,1-2H3. The van der Waals surface area contributed by atoms with Gasteiger partial charge in [0, 0.05) is 18.7 Å². The van der Waals surface area contributed by atoms with Gasteiger partial charge >= 0.3 is 5.97 Å². The number of sulfonamides is 1. The molecule has 1 heterocycles. The second-order valence-corrected chi connectivity index (χ2v) is 9.81. The van der Waals surface area contributed by atoms with Gasteiger partial charge in [-0.05, 0) is 62.2 Å². The molecule has 0 unspecified atom stereocenters. The number of hydrogen-bond acceptors (Lipinski definition) is 7. The summed E-state index contributed by atoms with van der Waals surface area (Å²) < 4.78 is 42.7. The van der Waals surface area contributed by atoms with Gasteiger partial charge in [-0.2, -0.15) is 4.31 Å². The summed E-state index contributed by atoms with van der Waals surface area (Å²) in [6.45, 7) is 2.32. The highest BCUT2D eigenvalue weighted by Crippen LogP contribution is 2.27. The van der Waals surface area contributed by atoms with Crippen molar-refractivity contribution in [1.82, 2.24) is 4.31 Å². The molecule has 10 heteroatoms. The number of ketones is 1. The minimum Gasteiger partial charge on any atom is -0.495 e. The number of esters is 1. The van der Waals surface area contributed by atoms with Crippen LogP contribution in [-0.2, 0) is 19.6 Å². The van der Waals surface area contributed by atoms with Gasteiger partial charge in [0.15, 0.2) is 12.4 Å². The Morgan fingerprint density at radius 3 is 2.33 bits per heavy atom. The first-order valence-corrected chi connectivity index (χ1v) is 12.3. The van der Waals surface area contributed by atoms with Crippen LogP contribution in [0.3, 0.4) is 0 Å². The lowest BCUT2D eigenvalue weighted by Gasteiger charge is -2.30. The average Bonchev–Trinajstić information content (AvgIpc) is 2.83. The largest absolute Gasteiger partial charge is 0.495 e. The zero-order chi connectivity index (χ0) is 24.0. The molecule has 1 aliphatic heterocycles. The second kappa shape index (κ2) is 11.0. The fourth-order valence-corrected chi connectivity index (χ4v) is 5.26. The van der Waals surface area contributed by atoms with Crippen molar-refractivity contribution in [2.75, 3.05) is 33.4 Å². The van der Waals surface area contributed by atoms with Crippen LogP contribution in [0.15, 0.2) is 47.4 Å². The van der Waals surface area contributed by atoms with Gasteiger partial charge in [0.1, 0.15) is 11.5 Å². The Kier molecular flexibility index (Phi) is 8.34. The molecular weight excluding hydrogens is 470 g/mol. The van der Waals surface area contributed by atoms with Crippen molar-refractivity contribution in [2.24, 2.45) is 5.92 Å². The molecular formula is C23H26ClNO7S. The molecule has 3 rings (SSSR count). The second-order valence-electron chi connectivity index (χ2n) is 7.46. The highest BCUT2D eigenvalue weighted by molar-refractivity contribution is 7.89. The minimum absolute atomic E-state index is 0.177. The van der Waals surface area contributed by atoms with Crippen LogP contribution in [0.4, 0.5) is 0 Å². The van der Waals surface area contributed by atoms with Gasteiger partial charge in [-0.3, -0.25) is 9.59 Å². The lowest BCUT2D eigenvalue weighted by Crippen LogP contribution is -2.40. The van der Waals surface area contributed by atoms with Crippen molar-refractivity contribution in [3.05, 3.63) is 53.1 Å². The maximum atomic E-state index is 12.9. The van der Waals surface area contributed by atoms with Gasteiger partial charge in [0.25, 0.3) is 0 Å². The van der Waals surface area contributed by atoms with Gasteiger partial charge in [-0.25, -0.2) is 8.42 Å². The number of rotatable bonds is 9. The summed E-state index contributed by atoms with van der Waals surface area (Å²) in [7, 11) is -2.19. The van der Waals surface area contributed by atoms with E-state index in [9.17, 15) is 18.0 Å². The Hall–Kier alpha value is -2.62. The molecule has 8 nitrogen and oxygen atoms in total. The SMILES string of the molecule is CCOc1ccc(S(=O)(=O)N2CCC(C(=O)OCC(=O)c3ccc(OC)c(Cl)c3)CC2)cc1. The molecule has 178 valence electrons. The zero-order valence-corrected chi connectivity index (χ0v) is 20.0. The third-order valence-corrected chi connectivity index (χ3v) is 7.59.